The average molecular weight is 416 g/mol. The highest BCUT2D eigenvalue weighted by atomic mass is 127. The highest BCUT2D eigenvalue weighted by molar-refractivity contribution is 14.1. The van der Waals surface area contributed by atoms with Crippen LogP contribution in [-0.2, 0) is 6.54 Å². The van der Waals surface area contributed by atoms with Gasteiger partial charge in [-0.15, -0.1) is 0 Å². The van der Waals surface area contributed by atoms with Gasteiger partial charge < -0.3 is 5.32 Å². The number of rotatable bonds is 4. The van der Waals surface area contributed by atoms with Gasteiger partial charge in [0.15, 0.2) is 0 Å². The van der Waals surface area contributed by atoms with Crippen LogP contribution in [0, 0.1) is 3.57 Å². The van der Waals surface area contributed by atoms with Crippen LogP contribution < -0.4 is 5.32 Å². The van der Waals surface area contributed by atoms with Crippen molar-refractivity contribution in [3.05, 3.63) is 67.7 Å². The molecule has 0 radical (unpaired) electrons. The summed E-state index contributed by atoms with van der Waals surface area (Å²) in [6.45, 7) is 3.08. The Labute approximate surface area is 130 Å². The minimum Gasteiger partial charge on any atom is -0.306 e. The molecule has 2 rings (SSSR count). The van der Waals surface area contributed by atoms with E-state index in [1.165, 1.54) is 14.7 Å². The molecule has 18 heavy (non-hydrogen) atoms. The predicted octanol–water partition coefficient (Wildman–Crippen LogP) is 4.90. The van der Waals surface area contributed by atoms with Crippen molar-refractivity contribution in [3.63, 3.8) is 0 Å². The van der Waals surface area contributed by atoms with Crippen LogP contribution in [0.15, 0.2) is 53.0 Å². The Bertz CT molecular complexity index is 510. The zero-order valence-electron chi connectivity index (χ0n) is 10.2. The molecule has 94 valence electrons. The maximum atomic E-state index is 3.54. The summed E-state index contributed by atoms with van der Waals surface area (Å²) in [5, 5.41) is 3.54. The van der Waals surface area contributed by atoms with Gasteiger partial charge in [-0.1, -0.05) is 40.2 Å². The molecule has 0 saturated carbocycles. The first-order chi connectivity index (χ1) is 8.65. The minimum absolute atomic E-state index is 0.349. The van der Waals surface area contributed by atoms with Gasteiger partial charge in [-0.3, -0.25) is 0 Å². The van der Waals surface area contributed by atoms with Crippen LogP contribution in [0.4, 0.5) is 0 Å². The van der Waals surface area contributed by atoms with Gasteiger partial charge >= 0.3 is 0 Å². The molecule has 0 bridgehead atoms. The summed E-state index contributed by atoms with van der Waals surface area (Å²) in [5.41, 5.74) is 2.62. The molecule has 0 saturated heterocycles. The van der Waals surface area contributed by atoms with Crippen molar-refractivity contribution in [2.24, 2.45) is 0 Å². The highest BCUT2D eigenvalue weighted by Crippen LogP contribution is 2.18. The maximum absolute atomic E-state index is 3.54. The topological polar surface area (TPSA) is 12.0 Å². The van der Waals surface area contributed by atoms with Gasteiger partial charge in [0, 0.05) is 20.6 Å². The van der Waals surface area contributed by atoms with Crippen LogP contribution in [0.3, 0.4) is 0 Å². The predicted molar refractivity (Wildman–Crippen MR) is 88.6 cm³/mol. The summed E-state index contributed by atoms with van der Waals surface area (Å²) in [5.74, 6) is 0. The first kappa shape index (κ1) is 14.0. The first-order valence-corrected chi connectivity index (χ1v) is 7.75. The lowest BCUT2D eigenvalue weighted by Crippen LogP contribution is -2.17. The van der Waals surface area contributed by atoms with Gasteiger partial charge in [-0.2, -0.15) is 0 Å². The number of benzene rings is 2. The summed E-state index contributed by atoms with van der Waals surface area (Å²) >= 11 is 5.83. The van der Waals surface area contributed by atoms with Crippen LogP contribution in [-0.4, -0.2) is 0 Å². The van der Waals surface area contributed by atoms with Crippen molar-refractivity contribution in [3.8, 4) is 0 Å². The molecule has 0 amide bonds. The lowest BCUT2D eigenvalue weighted by Gasteiger charge is -2.14. The molecule has 0 aliphatic carbocycles. The van der Waals surface area contributed by atoms with E-state index in [0.717, 1.165) is 11.0 Å². The largest absolute Gasteiger partial charge is 0.306 e. The van der Waals surface area contributed by atoms with Crippen molar-refractivity contribution >= 4 is 38.5 Å². The van der Waals surface area contributed by atoms with E-state index in [4.69, 9.17) is 0 Å². The summed E-state index contributed by atoms with van der Waals surface area (Å²) in [6.07, 6.45) is 0. The second-order valence-corrected chi connectivity index (χ2v) is 6.45. The van der Waals surface area contributed by atoms with E-state index in [2.05, 4.69) is 99.3 Å². The lowest BCUT2D eigenvalue weighted by atomic mass is 10.1. The zero-order chi connectivity index (χ0) is 13.0. The van der Waals surface area contributed by atoms with Gasteiger partial charge in [-0.25, -0.2) is 0 Å². The molecule has 2 aromatic carbocycles. The Kier molecular flexibility index (Phi) is 5.21. The van der Waals surface area contributed by atoms with Crippen molar-refractivity contribution < 1.29 is 0 Å². The third-order valence-corrected chi connectivity index (χ3v) is 4.09. The summed E-state index contributed by atoms with van der Waals surface area (Å²) < 4.78 is 2.40. The summed E-state index contributed by atoms with van der Waals surface area (Å²) in [4.78, 5) is 0. The van der Waals surface area contributed by atoms with Crippen molar-refractivity contribution in [1.29, 1.82) is 0 Å². The van der Waals surface area contributed by atoms with E-state index < -0.39 is 0 Å². The first-order valence-electron chi connectivity index (χ1n) is 5.88. The maximum Gasteiger partial charge on any atom is 0.0295 e. The van der Waals surface area contributed by atoms with Gasteiger partial charge in [0.05, 0.1) is 0 Å². The number of hydrogen-bond acceptors (Lipinski definition) is 1. The Morgan fingerprint density at radius 2 is 1.89 bits per heavy atom. The second kappa shape index (κ2) is 6.68. The molecule has 0 spiro atoms. The number of nitrogens with one attached hydrogen (secondary N) is 1. The molecule has 0 heterocycles. The molecule has 0 unspecified atom stereocenters. The summed E-state index contributed by atoms with van der Waals surface area (Å²) in [7, 11) is 0. The quantitative estimate of drug-likeness (QED) is 0.700. The third kappa shape index (κ3) is 4.07. The van der Waals surface area contributed by atoms with Crippen molar-refractivity contribution in [2.45, 2.75) is 19.5 Å². The molecule has 3 heteroatoms. The third-order valence-electron chi connectivity index (χ3n) is 2.87. The van der Waals surface area contributed by atoms with Crippen molar-refractivity contribution in [2.75, 3.05) is 0 Å². The molecular formula is C15H15BrIN. The van der Waals surface area contributed by atoms with E-state index in [9.17, 15) is 0 Å². The highest BCUT2D eigenvalue weighted by Gasteiger charge is 2.04. The average Bonchev–Trinajstić information content (AvgIpc) is 2.38. The lowest BCUT2D eigenvalue weighted by molar-refractivity contribution is 0.574. The Morgan fingerprint density at radius 1 is 1.17 bits per heavy atom. The van der Waals surface area contributed by atoms with Gasteiger partial charge in [-0.05, 0) is 64.9 Å². The molecule has 0 aliphatic rings. The van der Waals surface area contributed by atoms with E-state index in [0.29, 0.717) is 6.04 Å². The van der Waals surface area contributed by atoms with E-state index in [1.807, 2.05) is 0 Å². The smallest absolute Gasteiger partial charge is 0.0295 e. The van der Waals surface area contributed by atoms with Crippen LogP contribution >= 0.6 is 38.5 Å². The van der Waals surface area contributed by atoms with Crippen LogP contribution in [0.5, 0.6) is 0 Å². The second-order valence-electron chi connectivity index (χ2n) is 4.28. The fourth-order valence-corrected chi connectivity index (χ4v) is 2.54. The molecule has 0 aliphatic heterocycles. The Morgan fingerprint density at radius 3 is 2.56 bits per heavy atom. The minimum atomic E-state index is 0.349. The molecule has 0 aromatic heterocycles. The number of halogens is 2. The van der Waals surface area contributed by atoms with E-state index >= 15 is 0 Å². The normalized spacial score (nSPS) is 12.4. The van der Waals surface area contributed by atoms with Gasteiger partial charge in [0.1, 0.15) is 0 Å². The summed E-state index contributed by atoms with van der Waals surface area (Å²) in [6, 6.07) is 17.4. The fraction of sp³-hybridized carbons (Fsp3) is 0.200. The monoisotopic (exact) mass is 415 g/mol. The molecule has 1 nitrogen and oxygen atoms in total. The van der Waals surface area contributed by atoms with Crippen LogP contribution in [0.25, 0.3) is 0 Å². The van der Waals surface area contributed by atoms with Crippen molar-refractivity contribution in [1.82, 2.24) is 5.32 Å². The van der Waals surface area contributed by atoms with Gasteiger partial charge in [0.25, 0.3) is 0 Å². The van der Waals surface area contributed by atoms with E-state index in [-0.39, 0.29) is 0 Å². The number of hydrogen-bond donors (Lipinski definition) is 1. The molecular weight excluding hydrogens is 401 g/mol. The SMILES string of the molecule is C[C@H](NCc1ccc(I)cc1)c1cccc(Br)c1. The molecule has 1 atom stereocenters. The standard InChI is InChI=1S/C15H15BrIN/c1-11(13-3-2-4-14(16)9-13)18-10-12-5-7-15(17)8-6-12/h2-9,11,18H,10H2,1H3/t11-/m0/s1. The Hall–Kier alpha value is -0.390. The van der Waals surface area contributed by atoms with Crippen LogP contribution in [0.2, 0.25) is 0 Å². The molecule has 0 fully saturated rings. The zero-order valence-corrected chi connectivity index (χ0v) is 13.9. The Balaban J connectivity index is 1.96. The molecule has 2 aromatic rings. The molecule has 1 N–H and O–H groups in total. The van der Waals surface area contributed by atoms with Gasteiger partial charge in [0.2, 0.25) is 0 Å². The van der Waals surface area contributed by atoms with Crippen LogP contribution in [0.1, 0.15) is 24.1 Å². The fourth-order valence-electron chi connectivity index (χ4n) is 1.77. The van der Waals surface area contributed by atoms with E-state index in [1.54, 1.807) is 0 Å².